The maximum Gasteiger partial charge on any atom is 0.269 e. The molecule has 1 aliphatic heterocycles. The van der Waals surface area contributed by atoms with Crippen LogP contribution in [0, 0.1) is 0 Å². The van der Waals surface area contributed by atoms with Crippen LogP contribution >= 0.6 is 11.6 Å². The summed E-state index contributed by atoms with van der Waals surface area (Å²) in [5, 5.41) is 0.496. The minimum Gasteiger partial charge on any atom is -0.489 e. The van der Waals surface area contributed by atoms with Gasteiger partial charge in [-0.2, -0.15) is 0 Å². The number of aromatic nitrogens is 2. The highest BCUT2D eigenvalue weighted by Crippen LogP contribution is 2.38. The van der Waals surface area contributed by atoms with E-state index in [-0.39, 0.29) is 5.56 Å². The van der Waals surface area contributed by atoms with Gasteiger partial charge >= 0.3 is 0 Å². The first-order valence-electron chi connectivity index (χ1n) is 7.75. The van der Waals surface area contributed by atoms with Gasteiger partial charge in [0, 0.05) is 6.42 Å². The zero-order valence-corrected chi connectivity index (χ0v) is 13.6. The van der Waals surface area contributed by atoms with Gasteiger partial charge in [0.05, 0.1) is 42.0 Å². The van der Waals surface area contributed by atoms with E-state index in [2.05, 4.69) is 4.98 Å². The van der Waals surface area contributed by atoms with Crippen LogP contribution < -0.4 is 15.0 Å². The quantitative estimate of drug-likeness (QED) is 0.717. The van der Waals surface area contributed by atoms with Crippen molar-refractivity contribution in [3.63, 3.8) is 0 Å². The first kappa shape index (κ1) is 15.0. The Labute approximate surface area is 143 Å². The summed E-state index contributed by atoms with van der Waals surface area (Å²) in [6, 6.07) is 11.3. The lowest BCUT2D eigenvalue weighted by atomic mass is 10.2. The lowest BCUT2D eigenvalue weighted by Gasteiger charge is -2.13. The molecule has 0 saturated heterocycles. The fourth-order valence-corrected chi connectivity index (χ4v) is 3.12. The second kappa shape index (κ2) is 6.17. The molecule has 3 aromatic rings. The second-order valence-electron chi connectivity index (χ2n) is 5.63. The zero-order valence-electron chi connectivity index (χ0n) is 12.9. The standard InChI is InChI=1S/C18H15ClN2O3/c19-13-8-12(9-16-18(13)24-7-3-6-23-16)11-21-15-5-2-1-4-14(15)20-10-17(21)22/h1-2,4-5,8-10H,3,6-7,11H2. The highest BCUT2D eigenvalue weighted by molar-refractivity contribution is 6.32. The van der Waals surface area contributed by atoms with Gasteiger partial charge in [0.25, 0.3) is 5.56 Å². The molecule has 0 atom stereocenters. The van der Waals surface area contributed by atoms with Gasteiger partial charge in [-0.1, -0.05) is 23.7 Å². The normalized spacial score (nSPS) is 13.7. The largest absolute Gasteiger partial charge is 0.489 e. The van der Waals surface area contributed by atoms with Crippen molar-refractivity contribution in [1.29, 1.82) is 0 Å². The molecule has 1 aliphatic rings. The molecule has 0 radical (unpaired) electrons. The average Bonchev–Trinajstić information content (AvgIpc) is 2.83. The molecule has 6 heteroatoms. The number of fused-ring (bicyclic) bond motifs is 2. The van der Waals surface area contributed by atoms with Gasteiger partial charge in [0.15, 0.2) is 11.5 Å². The first-order chi connectivity index (χ1) is 11.7. The molecule has 0 N–H and O–H groups in total. The van der Waals surface area contributed by atoms with E-state index < -0.39 is 0 Å². The second-order valence-corrected chi connectivity index (χ2v) is 6.03. The molecule has 5 nitrogen and oxygen atoms in total. The van der Waals surface area contributed by atoms with E-state index in [4.69, 9.17) is 21.1 Å². The van der Waals surface area contributed by atoms with E-state index in [1.165, 1.54) is 6.20 Å². The van der Waals surface area contributed by atoms with E-state index in [1.54, 1.807) is 4.57 Å². The number of hydrogen-bond donors (Lipinski definition) is 0. The van der Waals surface area contributed by atoms with Gasteiger partial charge in [0.1, 0.15) is 0 Å². The Morgan fingerprint density at radius 1 is 1.17 bits per heavy atom. The van der Waals surface area contributed by atoms with Gasteiger partial charge in [-0.3, -0.25) is 4.79 Å². The summed E-state index contributed by atoms with van der Waals surface area (Å²) in [7, 11) is 0. The predicted molar refractivity (Wildman–Crippen MR) is 92.2 cm³/mol. The molecular weight excluding hydrogens is 328 g/mol. The Balaban J connectivity index is 1.79. The molecular formula is C18H15ClN2O3. The molecule has 1 aromatic heterocycles. The van der Waals surface area contributed by atoms with Crippen LogP contribution in [0.4, 0.5) is 0 Å². The Morgan fingerprint density at radius 3 is 2.92 bits per heavy atom. The fourth-order valence-electron chi connectivity index (χ4n) is 2.84. The number of para-hydroxylation sites is 2. The van der Waals surface area contributed by atoms with Gasteiger partial charge in [0.2, 0.25) is 0 Å². The lowest BCUT2D eigenvalue weighted by Crippen LogP contribution is -2.21. The summed E-state index contributed by atoms with van der Waals surface area (Å²) >= 11 is 6.34. The number of rotatable bonds is 2. The Kier molecular flexibility index (Phi) is 3.86. The number of halogens is 1. The van der Waals surface area contributed by atoms with Crippen molar-refractivity contribution in [3.8, 4) is 11.5 Å². The maximum absolute atomic E-state index is 12.3. The van der Waals surface area contributed by atoms with Gasteiger partial charge < -0.3 is 14.0 Å². The van der Waals surface area contributed by atoms with Gasteiger partial charge in [-0.05, 0) is 29.8 Å². The van der Waals surface area contributed by atoms with Crippen LogP contribution in [0.15, 0.2) is 47.4 Å². The highest BCUT2D eigenvalue weighted by atomic mass is 35.5. The minimum atomic E-state index is -0.156. The Morgan fingerprint density at radius 2 is 2.00 bits per heavy atom. The van der Waals surface area contributed by atoms with Crippen LogP contribution in [0.3, 0.4) is 0 Å². The third-order valence-corrected chi connectivity index (χ3v) is 4.24. The van der Waals surface area contributed by atoms with Crippen molar-refractivity contribution in [2.75, 3.05) is 13.2 Å². The minimum absolute atomic E-state index is 0.156. The molecule has 0 fully saturated rings. The van der Waals surface area contributed by atoms with Crippen LogP contribution in [0.25, 0.3) is 11.0 Å². The van der Waals surface area contributed by atoms with Gasteiger partial charge in [-0.25, -0.2) is 4.98 Å². The first-order valence-corrected chi connectivity index (χ1v) is 8.13. The van der Waals surface area contributed by atoms with E-state index in [0.29, 0.717) is 36.3 Å². The SMILES string of the molecule is O=c1cnc2ccccc2n1Cc1cc(Cl)c2c(c1)OCCCO2. The van der Waals surface area contributed by atoms with Crippen molar-refractivity contribution < 1.29 is 9.47 Å². The molecule has 0 unspecified atom stereocenters. The summed E-state index contributed by atoms with van der Waals surface area (Å²) in [6.07, 6.45) is 2.15. The summed E-state index contributed by atoms with van der Waals surface area (Å²) < 4.78 is 13.0. The van der Waals surface area contributed by atoms with E-state index in [0.717, 1.165) is 23.0 Å². The maximum atomic E-state index is 12.3. The lowest BCUT2D eigenvalue weighted by molar-refractivity contribution is 0.297. The molecule has 4 rings (SSSR count). The van der Waals surface area contributed by atoms with E-state index >= 15 is 0 Å². The van der Waals surface area contributed by atoms with Crippen molar-refractivity contribution in [3.05, 3.63) is 63.5 Å². The number of ether oxygens (including phenoxy) is 2. The number of benzene rings is 2. The van der Waals surface area contributed by atoms with Crippen molar-refractivity contribution >= 4 is 22.6 Å². The molecule has 0 spiro atoms. The average molecular weight is 343 g/mol. The Hall–Kier alpha value is -2.53. The predicted octanol–water partition coefficient (Wildman–Crippen LogP) is 3.26. The fraction of sp³-hybridized carbons (Fsp3) is 0.222. The van der Waals surface area contributed by atoms with Crippen LogP contribution in [0.2, 0.25) is 5.02 Å². The highest BCUT2D eigenvalue weighted by Gasteiger charge is 2.16. The van der Waals surface area contributed by atoms with Gasteiger partial charge in [-0.15, -0.1) is 0 Å². The molecule has 0 aliphatic carbocycles. The molecule has 0 saturated carbocycles. The molecule has 2 heterocycles. The summed E-state index contributed by atoms with van der Waals surface area (Å²) in [4.78, 5) is 16.5. The van der Waals surface area contributed by atoms with Crippen LogP contribution in [-0.2, 0) is 6.54 Å². The third kappa shape index (κ3) is 2.71. The van der Waals surface area contributed by atoms with Crippen molar-refractivity contribution in [2.24, 2.45) is 0 Å². The van der Waals surface area contributed by atoms with E-state index in [9.17, 15) is 4.79 Å². The van der Waals surface area contributed by atoms with E-state index in [1.807, 2.05) is 36.4 Å². The molecule has 122 valence electrons. The summed E-state index contributed by atoms with van der Waals surface area (Å²) in [5.74, 6) is 1.20. The number of nitrogens with zero attached hydrogens (tertiary/aromatic N) is 2. The smallest absolute Gasteiger partial charge is 0.269 e. The van der Waals surface area contributed by atoms with Crippen LogP contribution in [0.1, 0.15) is 12.0 Å². The summed E-state index contributed by atoms with van der Waals surface area (Å²) in [6.45, 7) is 1.56. The molecule has 2 aromatic carbocycles. The van der Waals surface area contributed by atoms with Crippen LogP contribution in [0.5, 0.6) is 11.5 Å². The van der Waals surface area contributed by atoms with Crippen molar-refractivity contribution in [2.45, 2.75) is 13.0 Å². The molecule has 0 amide bonds. The molecule has 0 bridgehead atoms. The van der Waals surface area contributed by atoms with Crippen molar-refractivity contribution in [1.82, 2.24) is 9.55 Å². The Bertz CT molecular complexity index is 968. The van der Waals surface area contributed by atoms with Crippen LogP contribution in [-0.4, -0.2) is 22.8 Å². The number of hydrogen-bond acceptors (Lipinski definition) is 4. The molecule has 24 heavy (non-hydrogen) atoms. The zero-order chi connectivity index (χ0) is 16.5. The summed E-state index contributed by atoms with van der Waals surface area (Å²) in [5.41, 5.74) is 2.28. The third-order valence-electron chi connectivity index (χ3n) is 3.96. The topological polar surface area (TPSA) is 53.4 Å². The monoisotopic (exact) mass is 342 g/mol.